The van der Waals surface area contributed by atoms with E-state index in [1.165, 1.54) is 81.6 Å². The Bertz CT molecular complexity index is 5780. The van der Waals surface area contributed by atoms with Gasteiger partial charge in [-0.05, 0) is 187 Å². The second-order valence-corrected chi connectivity index (χ2v) is 27.6. The zero-order valence-electron chi connectivity index (χ0n) is 52.3. The number of rotatable bonds is 3. The van der Waals surface area contributed by atoms with Crippen LogP contribution >= 0.6 is 108 Å². The molecule has 0 aliphatic heterocycles. The summed E-state index contributed by atoms with van der Waals surface area (Å²) in [6.07, 6.45) is 10.1. The minimum Gasteiger partial charge on any atom is -0.464 e. The van der Waals surface area contributed by atoms with Crippen LogP contribution in [0.5, 0.6) is 0 Å². The van der Waals surface area contributed by atoms with Crippen molar-refractivity contribution >= 4 is 182 Å². The second kappa shape index (κ2) is 31.7. The molecule has 17 rings (SSSR count). The number of thiophene rings is 2. The molecule has 98 heavy (non-hydrogen) atoms. The van der Waals surface area contributed by atoms with Crippen LogP contribution in [0.3, 0.4) is 0 Å². The molecule has 0 atom stereocenters. The standard InChI is InChI=1S/C16H8ClFN2OS.C15H11ClFN.C11H6BrNO2.C10H11N.C9H7ClN2O.C7H7Cl.C7H3FINS/c17-8-1-3-13-11(5-8)16(21)20-15(19-13)12-7-22-14-4-2-9(18)6-10(12)14;1-18-9-14(10-3-2-4-11(16)7-10)13-8-12(17)5-6-15(13)18;12-7-1-2-11-8(3-7)9(4-15-11)10-5-14-6-13-10;1-8-7-11(2)10-6-4-3-5-9(8)10;1-5-11-8-3-2-6(10)4-7(8)9(13)12-5;1-6-3-2-4-7(8)5-6;8-4-1-5-6(9)3-11-7(5)10-2-4/h1-7H,(H,19,20,21);2-9H,1H3;1-6H;3-7H,1-2H3;2-4H,1H3,(H,11,12,13);2-5H,1H3;1-3H. The fourth-order valence-electron chi connectivity index (χ4n) is 10.5. The van der Waals surface area contributed by atoms with Gasteiger partial charge in [0.05, 0.1) is 28.0 Å². The first kappa shape index (κ1) is 70.4. The Kier molecular flexibility index (Phi) is 22.8. The molecule has 0 amide bonds. The highest BCUT2D eigenvalue weighted by molar-refractivity contribution is 14.1. The number of nitrogens with one attached hydrogen (secondary N) is 2. The van der Waals surface area contributed by atoms with Gasteiger partial charge < -0.3 is 27.9 Å². The molecule has 492 valence electrons. The first-order valence-corrected chi connectivity index (χ1v) is 34.8. The molecule has 9 heterocycles. The van der Waals surface area contributed by atoms with E-state index >= 15 is 0 Å². The monoisotopic (exact) mass is 1600 g/mol. The zero-order chi connectivity index (χ0) is 69.3. The van der Waals surface area contributed by atoms with Crippen LogP contribution in [-0.4, -0.2) is 39.0 Å². The van der Waals surface area contributed by atoms with Crippen LogP contribution in [-0.2, 0) is 14.1 Å². The maximum Gasteiger partial charge on any atom is 0.259 e. The van der Waals surface area contributed by atoms with E-state index in [0.29, 0.717) is 54.1 Å². The van der Waals surface area contributed by atoms with Gasteiger partial charge in [0.15, 0.2) is 6.39 Å². The van der Waals surface area contributed by atoms with Crippen molar-refractivity contribution in [3.05, 3.63) is 301 Å². The topological polar surface area (TPSA) is 153 Å². The number of para-hydroxylation sites is 1. The second-order valence-electron chi connectivity index (χ2n) is 22.0. The van der Waals surface area contributed by atoms with Crippen LogP contribution in [0, 0.1) is 41.8 Å². The maximum atomic E-state index is 13.5. The molecular weight excluding hydrogens is 1550 g/mol. The highest BCUT2D eigenvalue weighted by Gasteiger charge is 2.15. The number of furan rings is 1. The third-order valence-corrected chi connectivity index (χ3v) is 19.6. The van der Waals surface area contributed by atoms with Crippen molar-refractivity contribution in [2.45, 2.75) is 20.8 Å². The Hall–Kier alpha value is -8.90. The number of halogens is 9. The van der Waals surface area contributed by atoms with Crippen LogP contribution in [0.25, 0.3) is 109 Å². The summed E-state index contributed by atoms with van der Waals surface area (Å²) in [7, 11) is 4.03. The van der Waals surface area contributed by atoms with Crippen molar-refractivity contribution in [3.8, 4) is 33.8 Å². The highest BCUT2D eigenvalue weighted by atomic mass is 127. The summed E-state index contributed by atoms with van der Waals surface area (Å²) in [5, 5.41) is 12.2. The molecule has 0 fully saturated rings. The lowest BCUT2D eigenvalue weighted by atomic mass is 10.1. The number of aromatic amines is 2. The molecule has 0 bridgehead atoms. The van der Waals surface area contributed by atoms with Gasteiger partial charge in [-0.1, -0.05) is 105 Å². The van der Waals surface area contributed by atoms with Crippen molar-refractivity contribution in [3.63, 3.8) is 0 Å². The Morgan fingerprint density at radius 2 is 1.19 bits per heavy atom. The van der Waals surface area contributed by atoms with Gasteiger partial charge in [-0.3, -0.25) is 9.59 Å². The average Bonchev–Trinajstić information content (AvgIpc) is 1.48. The predicted octanol–water partition coefficient (Wildman–Crippen LogP) is 23.1. The van der Waals surface area contributed by atoms with E-state index in [9.17, 15) is 22.8 Å². The smallest absolute Gasteiger partial charge is 0.259 e. The summed E-state index contributed by atoms with van der Waals surface area (Å²) >= 11 is 31.9. The van der Waals surface area contributed by atoms with Crippen LogP contribution < -0.4 is 11.1 Å². The molecule has 0 spiro atoms. The number of benzene rings is 8. The third kappa shape index (κ3) is 17.1. The quantitative estimate of drug-likeness (QED) is 0.166. The van der Waals surface area contributed by atoms with Gasteiger partial charge in [0.1, 0.15) is 57.7 Å². The molecule has 0 aliphatic rings. The van der Waals surface area contributed by atoms with E-state index in [1.807, 2.05) is 102 Å². The van der Waals surface area contributed by atoms with Crippen LogP contribution in [0.4, 0.5) is 13.2 Å². The minimum absolute atomic E-state index is 0.148. The Labute approximate surface area is 608 Å². The van der Waals surface area contributed by atoms with Gasteiger partial charge in [-0.25, -0.2) is 33.1 Å². The molecule has 0 unspecified atom stereocenters. The van der Waals surface area contributed by atoms with Crippen molar-refractivity contribution in [2.75, 3.05) is 0 Å². The van der Waals surface area contributed by atoms with Crippen molar-refractivity contribution < 1.29 is 22.0 Å². The molecule has 17 aromatic rings. The summed E-state index contributed by atoms with van der Waals surface area (Å²) in [6, 6.07) is 50.6. The number of oxazole rings is 1. The van der Waals surface area contributed by atoms with Crippen LogP contribution in [0.2, 0.25) is 20.1 Å². The molecule has 0 radical (unpaired) electrons. The SMILES string of the molecule is Brc1ccc2occ(-c3cocn3)c2c1.Cc1cccc(Cl)c1.Cc1cn(C)c2ccccc12.Cc1nc2ccc(Cl)cc2c(=O)[nH]1.Cn1cc(-c2cccc(Cl)c2)c2cc(F)ccc21.Fc1cnc2scc(I)c2c1.O=c1[nH]c(-c2csc3ccc(F)cc23)nc2ccc(Cl)cc12. The first-order valence-electron chi connectivity index (χ1n) is 29.6. The number of H-pyrrole nitrogens is 2. The van der Waals surface area contributed by atoms with Crippen molar-refractivity contribution in [1.29, 1.82) is 0 Å². The zero-order valence-corrected chi connectivity index (χ0v) is 60.7. The normalized spacial score (nSPS) is 10.8. The van der Waals surface area contributed by atoms with E-state index < -0.39 is 0 Å². The Morgan fingerprint density at radius 1 is 0.541 bits per heavy atom. The molecule has 23 heteroatoms. The van der Waals surface area contributed by atoms with Crippen molar-refractivity contribution in [1.82, 2.24) is 39.0 Å². The van der Waals surface area contributed by atoms with E-state index in [1.54, 1.807) is 74.0 Å². The highest BCUT2D eigenvalue weighted by Crippen LogP contribution is 2.36. The molecule has 2 N–H and O–H groups in total. The summed E-state index contributed by atoms with van der Waals surface area (Å²) < 4.78 is 57.0. The maximum absolute atomic E-state index is 13.5. The van der Waals surface area contributed by atoms with Gasteiger partial charge >= 0.3 is 0 Å². The fraction of sp³-hybridized carbons (Fsp3) is 0.0667. The summed E-state index contributed by atoms with van der Waals surface area (Å²) in [5.74, 6) is 0.226. The molecular formula is C75H53BrCl4F3IN8O4S2. The molecule has 12 nitrogen and oxygen atoms in total. The van der Waals surface area contributed by atoms with Crippen LogP contribution in [0.1, 0.15) is 17.0 Å². The number of pyridine rings is 1. The van der Waals surface area contributed by atoms with Crippen molar-refractivity contribution in [2.24, 2.45) is 14.1 Å². The van der Waals surface area contributed by atoms with Gasteiger partial charge in [-0.15, -0.1) is 22.7 Å². The number of aromatic nitrogens is 8. The van der Waals surface area contributed by atoms with E-state index in [0.717, 1.165) is 77.6 Å². The molecule has 0 saturated carbocycles. The predicted molar refractivity (Wildman–Crippen MR) is 409 cm³/mol. The molecule has 9 aromatic heterocycles. The fourth-order valence-corrected chi connectivity index (χ4v) is 14.3. The van der Waals surface area contributed by atoms with Gasteiger partial charge in [-0.2, -0.15) is 0 Å². The van der Waals surface area contributed by atoms with Gasteiger partial charge in [0, 0.05) is 125 Å². The lowest BCUT2D eigenvalue weighted by molar-refractivity contribution is 0.558. The number of aryl methyl sites for hydroxylation is 5. The first-order chi connectivity index (χ1) is 47.1. The number of hydrogen-bond acceptors (Lipinski definition) is 10. The molecule has 0 aliphatic carbocycles. The Balaban J connectivity index is 0.000000118. The van der Waals surface area contributed by atoms with Gasteiger partial charge in [0.25, 0.3) is 11.1 Å². The minimum atomic E-state index is -0.318. The summed E-state index contributed by atoms with van der Waals surface area (Å²) in [5.41, 5.74) is 11.0. The lowest BCUT2D eigenvalue weighted by Gasteiger charge is -2.03. The van der Waals surface area contributed by atoms with E-state index in [4.69, 9.17) is 55.2 Å². The average molecular weight is 1600 g/mol. The molecule has 8 aromatic carbocycles. The van der Waals surface area contributed by atoms with E-state index in [-0.39, 0.29) is 28.6 Å². The molecule has 0 saturated heterocycles. The van der Waals surface area contributed by atoms with E-state index in [2.05, 4.69) is 117 Å². The van der Waals surface area contributed by atoms with Gasteiger partial charge in [0.2, 0.25) is 0 Å². The third-order valence-electron chi connectivity index (χ3n) is 15.0. The summed E-state index contributed by atoms with van der Waals surface area (Å²) in [4.78, 5) is 46.6. The Morgan fingerprint density at radius 3 is 1.89 bits per heavy atom. The van der Waals surface area contributed by atoms with Crippen LogP contribution in [0.15, 0.2) is 241 Å². The number of nitrogens with zero attached hydrogens (tertiary/aromatic N) is 6. The summed E-state index contributed by atoms with van der Waals surface area (Å²) in [6.45, 7) is 5.91. The largest absolute Gasteiger partial charge is 0.464 e. The lowest BCUT2D eigenvalue weighted by Crippen LogP contribution is -2.09. The number of hydrogen-bond donors (Lipinski definition) is 2. The number of fused-ring (bicyclic) bond motifs is 7.